The number of thioether (sulfide) groups is 2. The first-order chi connectivity index (χ1) is 10.1. The summed E-state index contributed by atoms with van der Waals surface area (Å²) in [5.41, 5.74) is 1.76. The summed E-state index contributed by atoms with van der Waals surface area (Å²) in [6, 6.07) is 9.51. The SMILES string of the molecule is CC1(C)CCSCC1Nc1ccccc1SC1CCCC1. The van der Waals surface area contributed by atoms with Crippen LogP contribution in [0.1, 0.15) is 46.0 Å². The molecule has 2 fully saturated rings. The number of anilines is 1. The van der Waals surface area contributed by atoms with Gasteiger partial charge in [-0.2, -0.15) is 11.8 Å². The molecule has 1 aromatic carbocycles. The van der Waals surface area contributed by atoms with Crippen molar-refractivity contribution < 1.29 is 0 Å². The minimum Gasteiger partial charge on any atom is -0.380 e. The van der Waals surface area contributed by atoms with Gasteiger partial charge in [0.2, 0.25) is 0 Å². The van der Waals surface area contributed by atoms with Crippen molar-refractivity contribution in [3.05, 3.63) is 24.3 Å². The molecular weight excluding hydrogens is 294 g/mol. The molecule has 0 radical (unpaired) electrons. The van der Waals surface area contributed by atoms with E-state index in [2.05, 4.69) is 67.0 Å². The molecule has 1 heterocycles. The Morgan fingerprint density at radius 1 is 1.19 bits per heavy atom. The van der Waals surface area contributed by atoms with Crippen LogP contribution in [0.3, 0.4) is 0 Å². The van der Waals surface area contributed by atoms with Crippen molar-refractivity contribution in [1.29, 1.82) is 0 Å². The highest BCUT2D eigenvalue weighted by molar-refractivity contribution is 8.00. The molecule has 2 aliphatic rings. The first-order valence-electron chi connectivity index (χ1n) is 8.25. The molecule has 1 aliphatic carbocycles. The van der Waals surface area contributed by atoms with Gasteiger partial charge < -0.3 is 5.32 Å². The molecule has 1 nitrogen and oxygen atoms in total. The predicted molar refractivity (Wildman–Crippen MR) is 97.7 cm³/mol. The molecule has 0 aromatic heterocycles. The first-order valence-corrected chi connectivity index (χ1v) is 10.3. The summed E-state index contributed by atoms with van der Waals surface area (Å²) in [4.78, 5) is 1.45. The molecule has 0 bridgehead atoms. The van der Waals surface area contributed by atoms with Crippen LogP contribution in [-0.4, -0.2) is 22.8 Å². The van der Waals surface area contributed by atoms with Crippen LogP contribution in [-0.2, 0) is 0 Å². The van der Waals surface area contributed by atoms with Crippen LogP contribution in [0.5, 0.6) is 0 Å². The second kappa shape index (κ2) is 6.87. The average molecular weight is 322 g/mol. The summed E-state index contributed by atoms with van der Waals surface area (Å²) in [7, 11) is 0. The molecule has 116 valence electrons. The summed E-state index contributed by atoms with van der Waals surface area (Å²) in [6.45, 7) is 4.83. The second-order valence-electron chi connectivity index (χ2n) is 7.03. The van der Waals surface area contributed by atoms with Crippen molar-refractivity contribution in [2.24, 2.45) is 5.41 Å². The molecule has 3 heteroatoms. The molecule has 1 unspecified atom stereocenters. The number of hydrogen-bond acceptors (Lipinski definition) is 3. The third kappa shape index (κ3) is 3.92. The van der Waals surface area contributed by atoms with Gasteiger partial charge in [0.15, 0.2) is 0 Å². The van der Waals surface area contributed by atoms with Crippen LogP contribution in [0.15, 0.2) is 29.2 Å². The van der Waals surface area contributed by atoms with Gasteiger partial charge in [0.05, 0.1) is 0 Å². The topological polar surface area (TPSA) is 12.0 Å². The fourth-order valence-electron chi connectivity index (χ4n) is 3.24. The van der Waals surface area contributed by atoms with Crippen molar-refractivity contribution in [3.63, 3.8) is 0 Å². The minimum absolute atomic E-state index is 0.399. The lowest BCUT2D eigenvalue weighted by molar-refractivity contribution is 0.305. The number of hydrogen-bond donors (Lipinski definition) is 1. The molecule has 1 N–H and O–H groups in total. The van der Waals surface area contributed by atoms with Crippen LogP contribution >= 0.6 is 23.5 Å². The van der Waals surface area contributed by atoms with Crippen LogP contribution in [0.25, 0.3) is 0 Å². The van der Waals surface area contributed by atoms with E-state index in [1.165, 1.54) is 54.2 Å². The third-order valence-electron chi connectivity index (χ3n) is 4.93. The van der Waals surface area contributed by atoms with Gasteiger partial charge in [-0.25, -0.2) is 0 Å². The van der Waals surface area contributed by atoms with Gasteiger partial charge in [-0.05, 0) is 42.6 Å². The van der Waals surface area contributed by atoms with E-state index in [1.807, 2.05) is 0 Å². The third-order valence-corrected chi connectivity index (χ3v) is 7.41. The van der Waals surface area contributed by atoms with E-state index in [1.54, 1.807) is 0 Å². The lowest BCUT2D eigenvalue weighted by Crippen LogP contribution is -2.41. The van der Waals surface area contributed by atoms with Gasteiger partial charge in [0.1, 0.15) is 0 Å². The molecule has 1 atom stereocenters. The zero-order chi connectivity index (χ0) is 14.7. The fraction of sp³-hybridized carbons (Fsp3) is 0.667. The average Bonchev–Trinajstić information content (AvgIpc) is 2.96. The summed E-state index contributed by atoms with van der Waals surface area (Å²) in [6.07, 6.45) is 6.93. The molecule has 1 saturated carbocycles. The zero-order valence-electron chi connectivity index (χ0n) is 13.2. The summed E-state index contributed by atoms with van der Waals surface area (Å²) >= 11 is 4.19. The molecule has 1 aromatic rings. The van der Waals surface area contributed by atoms with E-state index in [4.69, 9.17) is 0 Å². The Balaban J connectivity index is 1.72. The molecule has 21 heavy (non-hydrogen) atoms. The number of rotatable bonds is 4. The van der Waals surface area contributed by atoms with Gasteiger partial charge in [0, 0.05) is 27.6 Å². The van der Waals surface area contributed by atoms with Gasteiger partial charge in [-0.15, -0.1) is 11.8 Å². The van der Waals surface area contributed by atoms with Crippen molar-refractivity contribution in [2.45, 2.75) is 62.1 Å². The van der Waals surface area contributed by atoms with Crippen molar-refractivity contribution in [1.82, 2.24) is 0 Å². The Morgan fingerprint density at radius 2 is 1.95 bits per heavy atom. The van der Waals surface area contributed by atoms with Crippen LogP contribution in [0, 0.1) is 5.41 Å². The second-order valence-corrected chi connectivity index (χ2v) is 9.52. The standard InChI is InChI=1S/C18H27NS2/c1-18(2)11-12-20-13-17(18)19-15-9-5-6-10-16(15)21-14-7-3-4-8-14/h5-6,9-10,14,17,19H,3-4,7-8,11-13H2,1-2H3. The Hall–Kier alpha value is -0.280. The maximum atomic E-state index is 3.87. The predicted octanol–water partition coefficient (Wildman–Crippen LogP) is 5.66. The van der Waals surface area contributed by atoms with Crippen LogP contribution < -0.4 is 5.32 Å². The van der Waals surface area contributed by atoms with E-state index >= 15 is 0 Å². The molecule has 0 amide bonds. The number of benzene rings is 1. The zero-order valence-corrected chi connectivity index (χ0v) is 14.9. The van der Waals surface area contributed by atoms with E-state index < -0.39 is 0 Å². The Kier molecular flexibility index (Phi) is 5.11. The summed E-state index contributed by atoms with van der Waals surface area (Å²) in [5, 5.41) is 4.71. The van der Waals surface area contributed by atoms with Crippen molar-refractivity contribution in [2.75, 3.05) is 16.8 Å². The lowest BCUT2D eigenvalue weighted by Gasteiger charge is -2.39. The van der Waals surface area contributed by atoms with Gasteiger partial charge in [-0.3, -0.25) is 0 Å². The van der Waals surface area contributed by atoms with E-state index in [0.29, 0.717) is 11.5 Å². The van der Waals surface area contributed by atoms with Crippen LogP contribution in [0.4, 0.5) is 5.69 Å². The van der Waals surface area contributed by atoms with Gasteiger partial charge in [-0.1, -0.05) is 38.8 Å². The fourth-order valence-corrected chi connectivity index (χ4v) is 6.18. The van der Waals surface area contributed by atoms with Crippen molar-refractivity contribution >= 4 is 29.2 Å². The van der Waals surface area contributed by atoms with Crippen molar-refractivity contribution in [3.8, 4) is 0 Å². The minimum atomic E-state index is 0.399. The molecule has 3 rings (SSSR count). The van der Waals surface area contributed by atoms with Gasteiger partial charge in [0.25, 0.3) is 0 Å². The largest absolute Gasteiger partial charge is 0.380 e. The maximum Gasteiger partial charge on any atom is 0.0481 e. The molecule has 0 spiro atoms. The molecule has 1 saturated heterocycles. The first kappa shape index (κ1) is 15.6. The highest BCUT2D eigenvalue weighted by Gasteiger charge is 2.33. The van der Waals surface area contributed by atoms with E-state index in [9.17, 15) is 0 Å². The van der Waals surface area contributed by atoms with Gasteiger partial charge >= 0.3 is 0 Å². The highest BCUT2D eigenvalue weighted by Crippen LogP contribution is 2.41. The normalized spacial score (nSPS) is 25.9. The molecule has 1 aliphatic heterocycles. The molecular formula is C18H27NS2. The number of para-hydroxylation sites is 1. The lowest BCUT2D eigenvalue weighted by atomic mass is 9.82. The smallest absolute Gasteiger partial charge is 0.0481 e. The van der Waals surface area contributed by atoms with E-state index in [-0.39, 0.29) is 0 Å². The quantitative estimate of drug-likeness (QED) is 0.768. The Morgan fingerprint density at radius 3 is 2.71 bits per heavy atom. The maximum absolute atomic E-state index is 3.87. The number of nitrogens with one attached hydrogen (secondary N) is 1. The van der Waals surface area contributed by atoms with Crippen LogP contribution in [0.2, 0.25) is 0 Å². The summed E-state index contributed by atoms with van der Waals surface area (Å²) in [5.74, 6) is 2.54. The highest BCUT2D eigenvalue weighted by atomic mass is 32.2. The Labute approximate surface area is 138 Å². The summed E-state index contributed by atoms with van der Waals surface area (Å²) < 4.78 is 0. The monoisotopic (exact) mass is 321 g/mol. The Bertz CT molecular complexity index is 466. The van der Waals surface area contributed by atoms with E-state index in [0.717, 1.165) is 5.25 Å².